The molecule has 0 radical (unpaired) electrons. The molecule has 19 heavy (non-hydrogen) atoms. The summed E-state index contributed by atoms with van der Waals surface area (Å²) in [6, 6.07) is 0. The minimum absolute atomic E-state index is 0.154. The maximum absolute atomic E-state index is 12.0. The molecule has 8 heteroatoms. The number of carbonyl (C=O) groups is 1. The number of nitrogens with zero attached hydrogens (tertiary/aromatic N) is 3. The van der Waals surface area contributed by atoms with Crippen molar-refractivity contribution in [1.29, 1.82) is 0 Å². The van der Waals surface area contributed by atoms with Crippen LogP contribution in [0.3, 0.4) is 0 Å². The van der Waals surface area contributed by atoms with Gasteiger partial charge >= 0.3 is 0 Å². The van der Waals surface area contributed by atoms with Gasteiger partial charge in [-0.1, -0.05) is 11.6 Å². The summed E-state index contributed by atoms with van der Waals surface area (Å²) >= 11 is 5.97. The van der Waals surface area contributed by atoms with Crippen LogP contribution in [0.25, 0.3) is 11.2 Å². The molecule has 1 amide bonds. The maximum Gasteiger partial charge on any atom is 0.253 e. The van der Waals surface area contributed by atoms with Gasteiger partial charge in [0.1, 0.15) is 5.52 Å². The molecule has 2 aromatic heterocycles. The summed E-state index contributed by atoms with van der Waals surface area (Å²) in [4.78, 5) is 26.9. The van der Waals surface area contributed by atoms with Crippen molar-refractivity contribution in [2.75, 3.05) is 18.4 Å². The normalized spacial score (nSPS) is 14.3. The van der Waals surface area contributed by atoms with Crippen molar-refractivity contribution in [2.24, 2.45) is 0 Å². The second-order valence-electron chi connectivity index (χ2n) is 4.23. The number of anilines is 1. The monoisotopic (exact) mass is 278 g/mol. The van der Waals surface area contributed by atoms with E-state index in [2.05, 4.69) is 30.6 Å². The Morgan fingerprint density at radius 3 is 2.89 bits per heavy atom. The first-order valence-electron chi connectivity index (χ1n) is 5.72. The van der Waals surface area contributed by atoms with Gasteiger partial charge in [0.05, 0.1) is 6.33 Å². The lowest BCUT2D eigenvalue weighted by molar-refractivity contribution is -0.112. The number of hydrogen-bond donors (Lipinski definition) is 3. The number of aromatic amines is 1. The fourth-order valence-electron chi connectivity index (χ4n) is 1.72. The predicted molar refractivity (Wildman–Crippen MR) is 70.9 cm³/mol. The fourth-order valence-corrected chi connectivity index (χ4v) is 1.94. The van der Waals surface area contributed by atoms with Gasteiger partial charge in [-0.25, -0.2) is 4.98 Å². The molecule has 0 unspecified atom stereocenters. The summed E-state index contributed by atoms with van der Waals surface area (Å²) in [6.45, 7) is 3.28. The van der Waals surface area contributed by atoms with Crippen molar-refractivity contribution in [3.63, 3.8) is 0 Å². The van der Waals surface area contributed by atoms with E-state index < -0.39 is 0 Å². The number of nitrogens with one attached hydrogen (secondary N) is 3. The molecule has 0 aliphatic carbocycles. The number of carbonyl (C=O) groups excluding carboxylic acids is 1. The van der Waals surface area contributed by atoms with E-state index in [9.17, 15) is 4.79 Å². The molecule has 1 fully saturated rings. The van der Waals surface area contributed by atoms with Crippen molar-refractivity contribution in [3.8, 4) is 0 Å². The number of aromatic nitrogens is 4. The Bertz CT molecular complexity index is 686. The smallest absolute Gasteiger partial charge is 0.253 e. The van der Waals surface area contributed by atoms with E-state index in [4.69, 9.17) is 11.6 Å². The number of rotatable bonds is 2. The number of H-pyrrole nitrogens is 1. The average Bonchev–Trinajstić information content (AvgIpc) is 2.75. The van der Waals surface area contributed by atoms with Crippen molar-refractivity contribution < 1.29 is 4.79 Å². The van der Waals surface area contributed by atoms with Gasteiger partial charge in [0, 0.05) is 18.7 Å². The van der Waals surface area contributed by atoms with E-state index in [-0.39, 0.29) is 17.0 Å². The third-order valence-corrected chi connectivity index (χ3v) is 3.29. The summed E-state index contributed by atoms with van der Waals surface area (Å²) in [6.07, 6.45) is 1.48. The predicted octanol–water partition coefficient (Wildman–Crippen LogP) is 0.864. The lowest BCUT2D eigenvalue weighted by Gasteiger charge is -2.21. The molecule has 0 bridgehead atoms. The van der Waals surface area contributed by atoms with E-state index in [1.165, 1.54) is 6.33 Å². The zero-order valence-corrected chi connectivity index (χ0v) is 10.9. The van der Waals surface area contributed by atoms with E-state index in [1.54, 1.807) is 6.92 Å². The quantitative estimate of drug-likeness (QED) is 0.559. The highest BCUT2D eigenvalue weighted by Gasteiger charge is 2.17. The van der Waals surface area contributed by atoms with E-state index in [1.807, 2.05) is 0 Å². The molecule has 0 atom stereocenters. The minimum atomic E-state index is -0.220. The van der Waals surface area contributed by atoms with Crippen molar-refractivity contribution >= 4 is 34.6 Å². The number of halogens is 1. The molecule has 2 aromatic rings. The largest absolute Gasteiger partial charge is 0.341 e. The van der Waals surface area contributed by atoms with E-state index in [0.29, 0.717) is 16.7 Å². The molecule has 1 saturated heterocycles. The standard InChI is InChI=1S/C11H11ClN6O/c1-5(6-2-13-3-6)10(19)18-11-16-8(12)7-9(17-11)15-4-14-7/h4,13H,2-3H2,1H3,(H2,14,15,16,17,18,19). The Balaban J connectivity index is 1.87. The summed E-state index contributed by atoms with van der Waals surface area (Å²) in [7, 11) is 0. The summed E-state index contributed by atoms with van der Waals surface area (Å²) in [5.74, 6) is -0.0655. The first kappa shape index (κ1) is 12.1. The van der Waals surface area contributed by atoms with Gasteiger partial charge in [0.25, 0.3) is 5.91 Å². The van der Waals surface area contributed by atoms with Crippen molar-refractivity contribution in [3.05, 3.63) is 22.6 Å². The summed E-state index contributed by atoms with van der Waals surface area (Å²) in [5.41, 5.74) is 2.74. The van der Waals surface area contributed by atoms with Crippen LogP contribution in [0, 0.1) is 0 Å². The Hall–Kier alpha value is -1.99. The molecule has 7 nitrogen and oxygen atoms in total. The van der Waals surface area contributed by atoms with Crippen LogP contribution in [-0.4, -0.2) is 38.9 Å². The maximum atomic E-state index is 12.0. The van der Waals surface area contributed by atoms with Crippen molar-refractivity contribution in [2.45, 2.75) is 6.92 Å². The van der Waals surface area contributed by atoms with Gasteiger partial charge in [-0.15, -0.1) is 0 Å². The number of fused-ring (bicyclic) bond motifs is 1. The van der Waals surface area contributed by atoms with Crippen molar-refractivity contribution in [1.82, 2.24) is 25.3 Å². The second-order valence-corrected chi connectivity index (χ2v) is 4.58. The van der Waals surface area contributed by atoms with Gasteiger partial charge in [-0.2, -0.15) is 9.97 Å². The summed E-state index contributed by atoms with van der Waals surface area (Å²) in [5, 5.41) is 5.94. The molecule has 0 saturated carbocycles. The highest BCUT2D eigenvalue weighted by molar-refractivity contribution is 6.33. The van der Waals surface area contributed by atoms with E-state index in [0.717, 1.165) is 18.7 Å². The van der Waals surface area contributed by atoms with Crippen LogP contribution in [0.1, 0.15) is 6.92 Å². The molecule has 98 valence electrons. The first-order chi connectivity index (χ1) is 9.15. The molecule has 1 aliphatic rings. The Morgan fingerprint density at radius 1 is 1.42 bits per heavy atom. The first-order valence-corrected chi connectivity index (χ1v) is 6.10. The number of imidazole rings is 1. The zero-order chi connectivity index (χ0) is 13.4. The van der Waals surface area contributed by atoms with Gasteiger partial charge in [0.2, 0.25) is 5.95 Å². The Morgan fingerprint density at radius 2 is 2.21 bits per heavy atom. The van der Waals surface area contributed by atoms with Gasteiger partial charge in [-0.05, 0) is 12.5 Å². The topological polar surface area (TPSA) is 95.6 Å². The van der Waals surface area contributed by atoms with Crippen LogP contribution in [0.15, 0.2) is 17.5 Å². The van der Waals surface area contributed by atoms with Gasteiger partial charge < -0.3 is 10.3 Å². The van der Waals surface area contributed by atoms with Crippen LogP contribution in [0.5, 0.6) is 0 Å². The van der Waals surface area contributed by atoms with Gasteiger partial charge in [-0.3, -0.25) is 10.1 Å². The molecular formula is C11H11ClN6O. The zero-order valence-electron chi connectivity index (χ0n) is 10.1. The second kappa shape index (κ2) is 4.60. The molecule has 3 heterocycles. The minimum Gasteiger partial charge on any atom is -0.341 e. The van der Waals surface area contributed by atoms with Crippen LogP contribution in [-0.2, 0) is 4.79 Å². The third-order valence-electron chi connectivity index (χ3n) is 3.01. The number of amides is 1. The molecule has 1 aliphatic heterocycles. The Kier molecular flexibility index (Phi) is 2.92. The lowest BCUT2D eigenvalue weighted by Crippen LogP contribution is -2.36. The van der Waals surface area contributed by atoms with E-state index >= 15 is 0 Å². The SMILES string of the molecule is CC(C(=O)Nc1nc(Cl)c2[nH]cnc2n1)=C1CNC1. The van der Waals surface area contributed by atoms with Crippen LogP contribution in [0.4, 0.5) is 5.95 Å². The van der Waals surface area contributed by atoms with Gasteiger partial charge in [0.15, 0.2) is 10.8 Å². The number of hydrogen-bond acceptors (Lipinski definition) is 5. The summed E-state index contributed by atoms with van der Waals surface area (Å²) < 4.78 is 0. The third kappa shape index (κ3) is 2.18. The lowest BCUT2D eigenvalue weighted by atomic mass is 10.0. The molecular weight excluding hydrogens is 268 g/mol. The van der Waals surface area contributed by atoms with Crippen LogP contribution >= 0.6 is 11.6 Å². The van der Waals surface area contributed by atoms with Crippen LogP contribution in [0.2, 0.25) is 5.15 Å². The van der Waals surface area contributed by atoms with Crippen LogP contribution < -0.4 is 10.6 Å². The highest BCUT2D eigenvalue weighted by atomic mass is 35.5. The molecule has 3 N–H and O–H groups in total. The molecule has 0 aromatic carbocycles. The molecule has 0 spiro atoms. The molecule has 3 rings (SSSR count). The Labute approximate surface area is 113 Å². The fraction of sp³-hybridized carbons (Fsp3) is 0.273. The highest BCUT2D eigenvalue weighted by Crippen LogP contribution is 2.19. The average molecular weight is 279 g/mol.